The average molecular weight is 514 g/mol. The van der Waals surface area contributed by atoms with Gasteiger partial charge in [-0.15, -0.1) is 11.3 Å². The molecule has 2 saturated heterocycles. The topological polar surface area (TPSA) is 42.9 Å². The van der Waals surface area contributed by atoms with Gasteiger partial charge in [-0.05, 0) is 82.3 Å². The predicted molar refractivity (Wildman–Crippen MR) is 160 cm³/mol. The number of fused-ring (bicyclic) bond motifs is 2. The number of nitrogens with one attached hydrogen (secondary N) is 2. The predicted octanol–water partition coefficient (Wildman–Crippen LogP) is 6.57. The minimum absolute atomic E-state index is 0.490. The molecule has 36 heavy (non-hydrogen) atoms. The van der Waals surface area contributed by atoms with E-state index >= 15 is 0 Å². The van der Waals surface area contributed by atoms with Crippen LogP contribution in [0, 0.1) is 11.8 Å². The molecule has 5 rings (SSSR count). The highest BCUT2D eigenvalue weighted by Gasteiger charge is 2.40. The Hall–Kier alpha value is -1.47. The molecule has 0 amide bonds. The van der Waals surface area contributed by atoms with Crippen molar-refractivity contribution in [2.75, 3.05) is 58.8 Å². The van der Waals surface area contributed by atoms with Gasteiger partial charge in [0.1, 0.15) is 0 Å². The molecule has 4 heterocycles. The van der Waals surface area contributed by atoms with Gasteiger partial charge in [-0.2, -0.15) is 0 Å². The number of likely N-dealkylation sites (tertiary alicyclic amines) is 1. The quantitative estimate of drug-likeness (QED) is 0.405. The molecule has 5 nitrogen and oxygen atoms in total. The third-order valence-electron chi connectivity index (χ3n) is 7.79. The molecule has 0 bridgehead atoms. The summed E-state index contributed by atoms with van der Waals surface area (Å²) >= 11 is 1.96. The van der Waals surface area contributed by atoms with Crippen LogP contribution in [0.25, 0.3) is 0 Å². The second-order valence-corrected chi connectivity index (χ2v) is 11.3. The Labute approximate surface area is 225 Å². The van der Waals surface area contributed by atoms with E-state index in [1.165, 1.54) is 78.7 Å². The number of thiophene rings is 1. The monoisotopic (exact) mass is 513 g/mol. The molecule has 1 aromatic heterocycles. The highest BCUT2D eigenvalue weighted by Crippen LogP contribution is 2.48. The van der Waals surface area contributed by atoms with Gasteiger partial charge in [-0.3, -0.25) is 9.89 Å². The van der Waals surface area contributed by atoms with E-state index in [0.717, 1.165) is 31.2 Å². The fourth-order valence-electron chi connectivity index (χ4n) is 5.88. The Kier molecular flexibility index (Phi) is 11.7. The lowest BCUT2D eigenvalue weighted by molar-refractivity contribution is 0.241. The van der Waals surface area contributed by atoms with Crippen LogP contribution in [0.1, 0.15) is 77.1 Å². The second kappa shape index (κ2) is 14.5. The van der Waals surface area contributed by atoms with Gasteiger partial charge in [0.05, 0.1) is 16.7 Å². The second-order valence-electron chi connectivity index (χ2n) is 10.2. The van der Waals surface area contributed by atoms with Gasteiger partial charge in [0.2, 0.25) is 0 Å². The zero-order valence-electron chi connectivity index (χ0n) is 24.0. The molecule has 3 atom stereocenters. The summed E-state index contributed by atoms with van der Waals surface area (Å²) in [7, 11) is 6.34. The summed E-state index contributed by atoms with van der Waals surface area (Å²) in [6.07, 6.45) is 12.0. The van der Waals surface area contributed by atoms with E-state index in [1.54, 1.807) is 5.57 Å². The molecule has 202 valence electrons. The van der Waals surface area contributed by atoms with Crippen molar-refractivity contribution >= 4 is 27.7 Å². The van der Waals surface area contributed by atoms with Crippen molar-refractivity contribution in [1.82, 2.24) is 15.5 Å². The molecule has 0 aromatic carbocycles. The maximum atomic E-state index is 5.24. The smallest absolute Gasteiger partial charge is 0.0929 e. The van der Waals surface area contributed by atoms with E-state index in [0.29, 0.717) is 6.04 Å². The summed E-state index contributed by atoms with van der Waals surface area (Å²) in [6, 6.07) is 2.81. The number of hydrogen-bond acceptors (Lipinski definition) is 6. The van der Waals surface area contributed by atoms with Crippen LogP contribution in [0.2, 0.25) is 0 Å². The largest absolute Gasteiger partial charge is 0.370 e. The number of allylic oxidation sites excluding steroid dienone is 4. The van der Waals surface area contributed by atoms with Crippen molar-refractivity contribution in [3.63, 3.8) is 0 Å². The van der Waals surface area contributed by atoms with Crippen LogP contribution >= 0.6 is 11.3 Å². The van der Waals surface area contributed by atoms with Gasteiger partial charge in [0.25, 0.3) is 0 Å². The summed E-state index contributed by atoms with van der Waals surface area (Å²) in [6.45, 7) is 14.0. The molecule has 0 saturated carbocycles. The van der Waals surface area contributed by atoms with E-state index < -0.39 is 0 Å². The summed E-state index contributed by atoms with van der Waals surface area (Å²) in [5.41, 5.74) is 5.62. The molecule has 1 aromatic rings. The molecule has 6 heteroatoms. The van der Waals surface area contributed by atoms with Gasteiger partial charge < -0.3 is 15.5 Å². The number of piperidine rings is 1. The molecule has 3 aliphatic heterocycles. The van der Waals surface area contributed by atoms with Crippen LogP contribution in [0.15, 0.2) is 34.4 Å². The van der Waals surface area contributed by atoms with E-state index in [2.05, 4.69) is 52.7 Å². The van der Waals surface area contributed by atoms with Gasteiger partial charge in [-0.1, -0.05) is 45.4 Å². The number of rotatable bonds is 7. The molecule has 0 radical (unpaired) electrons. The van der Waals surface area contributed by atoms with E-state index in [9.17, 15) is 0 Å². The third-order valence-corrected chi connectivity index (χ3v) is 9.18. The fourth-order valence-corrected chi connectivity index (χ4v) is 7.03. The zero-order valence-corrected chi connectivity index (χ0v) is 24.8. The van der Waals surface area contributed by atoms with E-state index in [1.807, 2.05) is 46.1 Å². The summed E-state index contributed by atoms with van der Waals surface area (Å²) < 4.78 is 0. The number of hydrogen-bond donors (Lipinski definition) is 2. The summed E-state index contributed by atoms with van der Waals surface area (Å²) in [5, 5.41) is 8.22. The Morgan fingerprint density at radius 3 is 2.56 bits per heavy atom. The van der Waals surface area contributed by atoms with Gasteiger partial charge in [0.15, 0.2) is 0 Å². The maximum absolute atomic E-state index is 5.24. The standard InChI is InChI=1S/C26H39N5S.2C2H6/c1-27-11-4-5-18-6-8-19(9-7-18)22-13-24(26-23(29-22)14-25(32-26)30(2)3)31-16-20-10-12-28-15-21(20)17-31;2*1-2/h6,8,14,20-21,24,27-28H,4-5,7,9-13,15-17H2,1-3H3;2*1-2H3. The van der Waals surface area contributed by atoms with Crippen LogP contribution in [-0.2, 0) is 0 Å². The molecule has 2 N–H and O–H groups in total. The van der Waals surface area contributed by atoms with Crippen molar-refractivity contribution in [2.24, 2.45) is 16.8 Å². The van der Waals surface area contributed by atoms with Gasteiger partial charge >= 0.3 is 0 Å². The molecule has 0 spiro atoms. The number of aliphatic imine (C=N–C) groups is 1. The average Bonchev–Trinajstić information content (AvgIpc) is 3.56. The van der Waals surface area contributed by atoms with Crippen LogP contribution in [0.4, 0.5) is 10.7 Å². The normalized spacial score (nSPS) is 25.2. The lowest BCUT2D eigenvalue weighted by Gasteiger charge is -2.32. The van der Waals surface area contributed by atoms with Crippen LogP contribution in [0.5, 0.6) is 0 Å². The lowest BCUT2D eigenvalue weighted by atomic mass is 9.89. The van der Waals surface area contributed by atoms with Gasteiger partial charge in [-0.25, -0.2) is 0 Å². The molecular weight excluding hydrogens is 462 g/mol. The van der Waals surface area contributed by atoms with E-state index in [4.69, 9.17) is 4.99 Å². The van der Waals surface area contributed by atoms with Crippen molar-refractivity contribution < 1.29 is 0 Å². The highest BCUT2D eigenvalue weighted by atomic mass is 32.1. The highest BCUT2D eigenvalue weighted by molar-refractivity contribution is 7.16. The van der Waals surface area contributed by atoms with Crippen LogP contribution in [0.3, 0.4) is 0 Å². The SMILES string of the molecule is CC.CC.CNCCCC1=CC=C(C2=Nc3cc(N(C)C)sc3C(N3CC4CCNCC4C3)C2)CC1. The summed E-state index contributed by atoms with van der Waals surface area (Å²) in [4.78, 5) is 11.8. The maximum Gasteiger partial charge on any atom is 0.0929 e. The van der Waals surface area contributed by atoms with Crippen molar-refractivity contribution in [1.29, 1.82) is 0 Å². The molecule has 1 aliphatic carbocycles. The zero-order chi connectivity index (χ0) is 26.1. The summed E-state index contributed by atoms with van der Waals surface area (Å²) in [5.74, 6) is 1.69. The van der Waals surface area contributed by atoms with E-state index in [-0.39, 0.29) is 0 Å². The van der Waals surface area contributed by atoms with Crippen molar-refractivity contribution in [2.45, 2.75) is 72.3 Å². The molecule has 3 unspecified atom stereocenters. The van der Waals surface area contributed by atoms with Crippen molar-refractivity contribution in [3.8, 4) is 0 Å². The first kappa shape index (κ1) is 29.1. The first-order valence-corrected chi connectivity index (χ1v) is 15.3. The first-order valence-electron chi connectivity index (χ1n) is 14.5. The Balaban J connectivity index is 0.000000861. The molecular formula is C30H51N5S. The fraction of sp³-hybridized carbons (Fsp3) is 0.700. The Morgan fingerprint density at radius 2 is 1.89 bits per heavy atom. The number of anilines is 1. The van der Waals surface area contributed by atoms with Gasteiger partial charge in [0, 0.05) is 44.2 Å². The van der Waals surface area contributed by atoms with Crippen LogP contribution < -0.4 is 15.5 Å². The van der Waals surface area contributed by atoms with Crippen LogP contribution in [-0.4, -0.2) is 64.5 Å². The molecule has 4 aliphatic rings. The number of nitrogens with zero attached hydrogens (tertiary/aromatic N) is 3. The minimum Gasteiger partial charge on any atom is -0.370 e. The molecule has 2 fully saturated rings. The minimum atomic E-state index is 0.490. The first-order chi connectivity index (χ1) is 17.6. The Morgan fingerprint density at radius 1 is 1.11 bits per heavy atom. The third kappa shape index (κ3) is 6.89. The van der Waals surface area contributed by atoms with Crippen molar-refractivity contribution in [3.05, 3.63) is 34.2 Å². The lowest BCUT2D eigenvalue weighted by Crippen LogP contribution is -2.35. The Bertz CT molecular complexity index is 898.